The van der Waals surface area contributed by atoms with Crippen LogP contribution in [0.25, 0.3) is 0 Å². The quantitative estimate of drug-likeness (QED) is 0.0261. The zero-order valence-electron chi connectivity index (χ0n) is 38.5. The highest BCUT2D eigenvalue weighted by Gasteiger charge is 2.25. The molecule has 0 aromatic carbocycles. The molecule has 0 heterocycles. The third-order valence-electron chi connectivity index (χ3n) is 10.8. The lowest BCUT2D eigenvalue weighted by Gasteiger charge is -2.34. The molecule has 0 aliphatic rings. The van der Waals surface area contributed by atoms with E-state index in [1.54, 1.807) is 21.1 Å². The number of allylic oxidation sites excluding steroid dienone is 6. The van der Waals surface area contributed by atoms with Gasteiger partial charge < -0.3 is 28.6 Å². The molecule has 2 atom stereocenters. The van der Waals surface area contributed by atoms with E-state index >= 15 is 0 Å². The van der Waals surface area contributed by atoms with E-state index < -0.39 is 18.1 Å². The molecule has 0 amide bonds. The number of unbranched alkanes of at least 4 members (excludes halogenated alkanes) is 23. The van der Waals surface area contributed by atoms with Gasteiger partial charge in [-0.05, 0) is 57.8 Å². The predicted octanol–water partition coefficient (Wildman–Crippen LogP) is 12.1. The lowest BCUT2D eigenvalue weighted by Crippen LogP contribution is -2.55. The summed E-state index contributed by atoms with van der Waals surface area (Å²) in [5.74, 6) is -1.82. The smallest absolute Gasteiger partial charge is 0.306 e. The van der Waals surface area contributed by atoms with Crippen LogP contribution in [-0.2, 0) is 28.6 Å². The first kappa shape index (κ1) is 55.5. The summed E-state index contributed by atoms with van der Waals surface area (Å²) in [7, 11) is 5.40. The number of hydrogen-bond donors (Lipinski definition) is 0. The second-order valence-electron chi connectivity index (χ2n) is 17.3. The molecular weight excluding hydrogens is 727 g/mol. The standard InChI is InChI=1S/C50H91NO7/c1-6-8-10-12-14-16-18-20-21-22-23-24-25-26-27-29-31-33-35-37-39-41-49(53)58-46(44-56-43-42-47(50(54)55)51(3,4)5)45-57-48(52)40-38-36-34-32-30-28-19-17-15-13-11-9-7-2/h24-25,28,30,34,36,46-47H,6-23,26-27,29,31-33,35,37-45H2,1-5H3/b25-24+,30-28+,36-34+. The van der Waals surface area contributed by atoms with Gasteiger partial charge in [-0.15, -0.1) is 0 Å². The van der Waals surface area contributed by atoms with E-state index in [1.807, 2.05) is 6.08 Å². The minimum absolute atomic E-state index is 0.0232. The zero-order chi connectivity index (χ0) is 42.8. The van der Waals surface area contributed by atoms with Gasteiger partial charge in [0.2, 0.25) is 0 Å². The van der Waals surface area contributed by atoms with Crippen LogP contribution in [0.4, 0.5) is 0 Å². The number of carboxylic acid groups (broad SMARTS) is 1. The Hall–Kier alpha value is -2.45. The van der Waals surface area contributed by atoms with Crippen LogP contribution in [0.15, 0.2) is 36.5 Å². The van der Waals surface area contributed by atoms with Crippen LogP contribution in [-0.4, -0.2) is 75.5 Å². The number of hydrogen-bond acceptors (Lipinski definition) is 7. The Balaban J connectivity index is 4.31. The summed E-state index contributed by atoms with van der Waals surface area (Å²) in [5.41, 5.74) is 0. The van der Waals surface area contributed by atoms with Gasteiger partial charge in [-0.2, -0.15) is 0 Å². The number of carboxylic acids is 1. The van der Waals surface area contributed by atoms with Gasteiger partial charge in [-0.1, -0.05) is 172 Å². The van der Waals surface area contributed by atoms with Gasteiger partial charge in [-0.25, -0.2) is 0 Å². The van der Waals surface area contributed by atoms with E-state index in [9.17, 15) is 19.5 Å². The molecule has 0 aromatic rings. The number of aliphatic carboxylic acids is 1. The molecule has 2 unspecified atom stereocenters. The number of quaternary nitrogens is 1. The Bertz CT molecular complexity index is 1050. The molecule has 0 rings (SSSR count). The van der Waals surface area contributed by atoms with Crippen LogP contribution in [0.1, 0.15) is 213 Å². The lowest BCUT2D eigenvalue weighted by molar-refractivity contribution is -0.889. The Morgan fingerprint density at radius 3 is 1.41 bits per heavy atom. The van der Waals surface area contributed by atoms with Crippen LogP contribution in [0.3, 0.4) is 0 Å². The predicted molar refractivity (Wildman–Crippen MR) is 240 cm³/mol. The first-order valence-corrected chi connectivity index (χ1v) is 24.0. The molecule has 338 valence electrons. The maximum absolute atomic E-state index is 12.7. The third-order valence-corrected chi connectivity index (χ3v) is 10.8. The Morgan fingerprint density at radius 1 is 0.517 bits per heavy atom. The van der Waals surface area contributed by atoms with Crippen molar-refractivity contribution in [2.24, 2.45) is 0 Å². The van der Waals surface area contributed by atoms with Crippen molar-refractivity contribution in [1.29, 1.82) is 0 Å². The number of rotatable bonds is 43. The summed E-state index contributed by atoms with van der Waals surface area (Å²) in [6.07, 6.45) is 47.6. The first-order valence-electron chi connectivity index (χ1n) is 24.0. The van der Waals surface area contributed by atoms with E-state index in [0.717, 1.165) is 32.1 Å². The lowest BCUT2D eigenvalue weighted by atomic mass is 10.1. The van der Waals surface area contributed by atoms with Crippen LogP contribution in [0.2, 0.25) is 0 Å². The normalized spacial score (nSPS) is 13.2. The number of ether oxygens (including phenoxy) is 3. The van der Waals surface area contributed by atoms with Crippen LogP contribution in [0, 0.1) is 0 Å². The maximum atomic E-state index is 12.7. The van der Waals surface area contributed by atoms with Gasteiger partial charge >= 0.3 is 11.9 Å². The van der Waals surface area contributed by atoms with Crippen molar-refractivity contribution in [3.05, 3.63) is 36.5 Å². The summed E-state index contributed by atoms with van der Waals surface area (Å²) in [5, 5.41) is 11.6. The van der Waals surface area contributed by atoms with Crippen molar-refractivity contribution in [3.8, 4) is 0 Å². The van der Waals surface area contributed by atoms with E-state index in [2.05, 4.69) is 44.2 Å². The third kappa shape index (κ3) is 39.0. The fourth-order valence-electron chi connectivity index (χ4n) is 7.00. The Morgan fingerprint density at radius 2 is 0.948 bits per heavy atom. The van der Waals surface area contributed by atoms with Crippen LogP contribution >= 0.6 is 0 Å². The SMILES string of the molecule is CCCCCCCC/C=C/C/C=C/CCC(=O)OCC(COCCC(C(=O)[O-])[N+](C)(C)C)OC(=O)CCCCCCCCC/C=C/CCCCCCCCCCCC. The summed E-state index contributed by atoms with van der Waals surface area (Å²) >= 11 is 0. The molecule has 0 bridgehead atoms. The van der Waals surface area contributed by atoms with Crippen LogP contribution in [0.5, 0.6) is 0 Å². The monoisotopic (exact) mass is 818 g/mol. The van der Waals surface area contributed by atoms with Gasteiger partial charge in [0, 0.05) is 19.3 Å². The number of carbonyl (C=O) groups excluding carboxylic acids is 3. The summed E-state index contributed by atoms with van der Waals surface area (Å²) < 4.78 is 17.1. The first-order chi connectivity index (χ1) is 28.1. The number of esters is 2. The molecule has 58 heavy (non-hydrogen) atoms. The molecule has 0 aliphatic heterocycles. The van der Waals surface area contributed by atoms with E-state index in [1.165, 1.54) is 141 Å². The van der Waals surface area contributed by atoms with Gasteiger partial charge in [0.25, 0.3) is 0 Å². The van der Waals surface area contributed by atoms with Gasteiger partial charge in [0.05, 0.1) is 40.3 Å². The molecule has 8 nitrogen and oxygen atoms in total. The van der Waals surface area contributed by atoms with Crippen molar-refractivity contribution in [1.82, 2.24) is 0 Å². The minimum atomic E-state index is -1.13. The molecular formula is C50H91NO7. The van der Waals surface area contributed by atoms with Crippen molar-refractivity contribution < 1.29 is 38.2 Å². The van der Waals surface area contributed by atoms with Crippen LogP contribution < -0.4 is 5.11 Å². The molecule has 0 aliphatic carbocycles. The van der Waals surface area contributed by atoms with Gasteiger partial charge in [0.1, 0.15) is 12.6 Å². The Kier molecular flexibility index (Phi) is 39.5. The van der Waals surface area contributed by atoms with Crippen molar-refractivity contribution in [2.45, 2.75) is 225 Å². The number of nitrogens with zero attached hydrogens (tertiary/aromatic N) is 1. The fourth-order valence-corrected chi connectivity index (χ4v) is 7.00. The summed E-state index contributed by atoms with van der Waals surface area (Å²) in [6.45, 7) is 4.60. The Labute approximate surface area is 357 Å². The molecule has 0 N–H and O–H groups in total. The molecule has 0 aromatic heterocycles. The molecule has 0 fully saturated rings. The van der Waals surface area contributed by atoms with E-state index in [4.69, 9.17) is 14.2 Å². The maximum Gasteiger partial charge on any atom is 0.306 e. The fraction of sp³-hybridized carbons (Fsp3) is 0.820. The molecule has 0 radical (unpaired) electrons. The average molecular weight is 818 g/mol. The largest absolute Gasteiger partial charge is 0.544 e. The highest BCUT2D eigenvalue weighted by molar-refractivity contribution is 5.70. The van der Waals surface area contributed by atoms with Crippen molar-refractivity contribution >= 4 is 17.9 Å². The highest BCUT2D eigenvalue weighted by Crippen LogP contribution is 2.14. The number of carbonyl (C=O) groups is 3. The number of likely N-dealkylation sites (N-methyl/N-ethyl adjacent to an activating group) is 1. The van der Waals surface area contributed by atoms with Crippen molar-refractivity contribution in [3.63, 3.8) is 0 Å². The van der Waals surface area contributed by atoms with Gasteiger partial charge in [-0.3, -0.25) is 9.59 Å². The minimum Gasteiger partial charge on any atom is -0.544 e. The average Bonchev–Trinajstić information content (AvgIpc) is 3.18. The molecule has 0 saturated heterocycles. The highest BCUT2D eigenvalue weighted by atomic mass is 16.6. The molecule has 0 spiro atoms. The van der Waals surface area contributed by atoms with E-state index in [0.29, 0.717) is 12.8 Å². The topological polar surface area (TPSA) is 102 Å². The summed E-state index contributed by atoms with van der Waals surface area (Å²) in [4.78, 5) is 36.9. The zero-order valence-corrected chi connectivity index (χ0v) is 38.5. The summed E-state index contributed by atoms with van der Waals surface area (Å²) in [6, 6.07) is -0.733. The molecule has 0 saturated carbocycles. The second-order valence-corrected chi connectivity index (χ2v) is 17.3. The van der Waals surface area contributed by atoms with Gasteiger partial charge in [0.15, 0.2) is 6.10 Å². The second kappa shape index (κ2) is 41.3. The van der Waals surface area contributed by atoms with Crippen molar-refractivity contribution in [2.75, 3.05) is 41.0 Å². The van der Waals surface area contributed by atoms with E-state index in [-0.39, 0.29) is 49.1 Å². The molecule has 8 heteroatoms.